The van der Waals surface area contributed by atoms with Gasteiger partial charge in [0.05, 0.1) is 0 Å². The number of sulfone groups is 1. The van der Waals surface area contributed by atoms with Gasteiger partial charge in [0, 0.05) is 32.1 Å². The molecule has 8 heteroatoms. The first-order valence-corrected chi connectivity index (χ1v) is 11.6. The van der Waals surface area contributed by atoms with Crippen LogP contribution in [0.25, 0.3) is 0 Å². The van der Waals surface area contributed by atoms with Gasteiger partial charge in [-0.15, -0.1) is 0 Å². The second-order valence-electron chi connectivity index (χ2n) is 7.89. The van der Waals surface area contributed by atoms with Crippen molar-refractivity contribution < 1.29 is 13.2 Å². The fourth-order valence-electron chi connectivity index (χ4n) is 3.89. The first-order chi connectivity index (χ1) is 12.8. The topological polar surface area (TPSA) is 91.4 Å². The molecule has 0 aromatic carbocycles. The van der Waals surface area contributed by atoms with E-state index in [1.165, 1.54) is 12.8 Å². The molecule has 0 aliphatic carbocycles. The molecule has 0 atom stereocenters. The predicted molar refractivity (Wildman–Crippen MR) is 106 cm³/mol. The Bertz CT molecular complexity index is 750. The molecule has 0 spiro atoms. The summed E-state index contributed by atoms with van der Waals surface area (Å²) in [5, 5.41) is 5.94. The van der Waals surface area contributed by atoms with Crippen molar-refractivity contribution in [2.75, 3.05) is 37.3 Å². The molecule has 0 unspecified atom stereocenters. The third kappa shape index (κ3) is 4.43. The zero-order valence-electron chi connectivity index (χ0n) is 16.2. The molecule has 1 aromatic heterocycles. The Morgan fingerprint density at radius 2 is 1.96 bits per heavy atom. The van der Waals surface area contributed by atoms with Crippen LogP contribution in [-0.2, 0) is 21.2 Å². The Morgan fingerprint density at radius 3 is 2.52 bits per heavy atom. The van der Waals surface area contributed by atoms with Crippen molar-refractivity contribution in [1.82, 2.24) is 15.6 Å². The maximum absolute atomic E-state index is 12.7. The minimum Gasteiger partial charge on any atom is -0.357 e. The minimum atomic E-state index is -3.49. The van der Waals surface area contributed by atoms with Crippen molar-refractivity contribution in [3.05, 3.63) is 23.9 Å². The average Bonchev–Trinajstić information content (AvgIpc) is 2.67. The van der Waals surface area contributed by atoms with Crippen molar-refractivity contribution in [3.8, 4) is 0 Å². The second-order valence-corrected chi connectivity index (χ2v) is 10.2. The lowest BCUT2D eigenvalue weighted by molar-refractivity contribution is -0.124. The number of hydrogen-bond donors (Lipinski definition) is 2. The molecule has 2 fully saturated rings. The first kappa shape index (κ1) is 20.1. The lowest BCUT2D eigenvalue weighted by atomic mass is 9.96. The monoisotopic (exact) mass is 394 g/mol. The van der Waals surface area contributed by atoms with Crippen molar-refractivity contribution in [1.29, 1.82) is 0 Å². The van der Waals surface area contributed by atoms with Crippen LogP contribution >= 0.6 is 0 Å². The summed E-state index contributed by atoms with van der Waals surface area (Å²) >= 11 is 0. The lowest BCUT2D eigenvalue weighted by Crippen LogP contribution is -2.57. The number of carbonyl (C=O) groups excluding carboxylic acids is 1. The van der Waals surface area contributed by atoms with Gasteiger partial charge in [0.25, 0.3) is 0 Å². The van der Waals surface area contributed by atoms with Crippen molar-refractivity contribution in [2.45, 2.75) is 43.9 Å². The predicted octanol–water partition coefficient (Wildman–Crippen LogP) is 1.10. The number of amides is 1. The number of carbonyl (C=O) groups is 1. The van der Waals surface area contributed by atoms with Gasteiger partial charge in [0.2, 0.25) is 5.91 Å². The van der Waals surface area contributed by atoms with Gasteiger partial charge in [-0.25, -0.2) is 13.4 Å². The highest BCUT2D eigenvalue weighted by molar-refractivity contribution is 7.92. The molecular weight excluding hydrogens is 364 g/mol. The Kier molecular flexibility index (Phi) is 6.05. The summed E-state index contributed by atoms with van der Waals surface area (Å²) in [5.41, 5.74) is 0.870. The van der Waals surface area contributed by atoms with E-state index < -0.39 is 20.5 Å². The Labute approximate surface area is 161 Å². The largest absolute Gasteiger partial charge is 0.357 e. The summed E-state index contributed by atoms with van der Waals surface area (Å²) in [6.07, 6.45) is 5.91. The highest BCUT2D eigenvalue weighted by Gasteiger charge is 2.48. The summed E-state index contributed by atoms with van der Waals surface area (Å²) in [5.74, 6) is 1.33. The summed E-state index contributed by atoms with van der Waals surface area (Å²) in [6.45, 7) is 5.68. The van der Waals surface area contributed by atoms with Gasteiger partial charge in [-0.05, 0) is 56.3 Å². The van der Waals surface area contributed by atoms with Crippen LogP contribution in [0.15, 0.2) is 18.3 Å². The molecule has 1 amide bonds. The molecule has 0 bridgehead atoms. The van der Waals surface area contributed by atoms with Crippen molar-refractivity contribution in [3.63, 3.8) is 0 Å². The van der Waals surface area contributed by atoms with Gasteiger partial charge >= 0.3 is 0 Å². The molecule has 3 rings (SSSR count). The molecular formula is C19H30N4O3S. The van der Waals surface area contributed by atoms with Crippen molar-refractivity contribution in [2.24, 2.45) is 5.92 Å². The Morgan fingerprint density at radius 1 is 1.30 bits per heavy atom. The zero-order valence-corrected chi connectivity index (χ0v) is 17.0. The van der Waals surface area contributed by atoms with Crippen LogP contribution < -0.4 is 15.5 Å². The third-order valence-electron chi connectivity index (χ3n) is 5.90. The summed E-state index contributed by atoms with van der Waals surface area (Å²) in [6, 6.07) is 3.94. The third-order valence-corrected chi connectivity index (χ3v) is 7.92. The molecule has 1 aromatic rings. The highest BCUT2D eigenvalue weighted by Crippen LogP contribution is 2.28. The first-order valence-electron chi connectivity index (χ1n) is 9.70. The van der Waals surface area contributed by atoms with Gasteiger partial charge in [-0.2, -0.15) is 0 Å². The van der Waals surface area contributed by atoms with Crippen LogP contribution in [-0.4, -0.2) is 56.5 Å². The van der Waals surface area contributed by atoms with E-state index in [1.54, 1.807) is 6.20 Å². The normalized spacial score (nSPS) is 21.0. The van der Waals surface area contributed by atoms with Gasteiger partial charge in [0.15, 0.2) is 14.6 Å². The summed E-state index contributed by atoms with van der Waals surface area (Å²) in [4.78, 5) is 19.6. The van der Waals surface area contributed by atoms with Gasteiger partial charge < -0.3 is 15.5 Å². The standard InChI is InChI=1S/C19H30N4O3S/c1-15-5-11-23(12-6-15)17-4-3-16(13-21-17)14-22-18(24)19(27(2,25)26)7-9-20-10-8-19/h3-4,13,15,20H,5-12,14H2,1-2H3,(H,22,24). The van der Waals surface area contributed by atoms with Gasteiger partial charge in [-0.1, -0.05) is 13.0 Å². The number of pyridine rings is 1. The fraction of sp³-hybridized carbons (Fsp3) is 0.684. The van der Waals surface area contributed by atoms with E-state index in [4.69, 9.17) is 0 Å². The van der Waals surface area contributed by atoms with Gasteiger partial charge in [-0.3, -0.25) is 4.79 Å². The molecule has 0 saturated carbocycles. The second kappa shape index (κ2) is 8.14. The molecule has 2 saturated heterocycles. The van der Waals surface area contributed by atoms with E-state index in [0.717, 1.165) is 36.6 Å². The SMILES string of the molecule is CC1CCN(c2ccc(CNC(=O)C3(S(C)(=O)=O)CCNCC3)cn2)CC1. The molecule has 7 nitrogen and oxygen atoms in total. The Hall–Kier alpha value is -1.67. The number of hydrogen-bond acceptors (Lipinski definition) is 6. The number of nitrogens with zero attached hydrogens (tertiary/aromatic N) is 2. The maximum Gasteiger partial charge on any atom is 0.241 e. The van der Waals surface area contributed by atoms with E-state index in [1.807, 2.05) is 12.1 Å². The van der Waals surface area contributed by atoms with Crippen LogP contribution in [0, 0.1) is 5.92 Å². The van der Waals surface area contributed by atoms with Crippen molar-refractivity contribution >= 4 is 21.6 Å². The number of piperidine rings is 2. The fourth-order valence-corrected chi connectivity index (χ4v) is 5.24. The number of aromatic nitrogens is 1. The van der Waals surface area contributed by atoms with Crippen LogP contribution in [0.5, 0.6) is 0 Å². The van der Waals surface area contributed by atoms with Crippen LogP contribution in [0.3, 0.4) is 0 Å². The van der Waals surface area contributed by atoms with Gasteiger partial charge in [0.1, 0.15) is 5.82 Å². The molecule has 2 aliphatic rings. The molecule has 2 aliphatic heterocycles. The molecule has 27 heavy (non-hydrogen) atoms. The number of anilines is 1. The minimum absolute atomic E-state index is 0.286. The number of rotatable bonds is 5. The van der Waals surface area contributed by atoms with E-state index >= 15 is 0 Å². The molecule has 2 N–H and O–H groups in total. The Balaban J connectivity index is 1.61. The maximum atomic E-state index is 12.7. The average molecular weight is 395 g/mol. The van der Waals surface area contributed by atoms with Crippen LogP contribution in [0.1, 0.15) is 38.2 Å². The zero-order chi connectivity index (χ0) is 19.5. The lowest BCUT2D eigenvalue weighted by Gasteiger charge is -2.34. The van der Waals surface area contributed by atoms with E-state index in [2.05, 4.69) is 27.4 Å². The quantitative estimate of drug-likeness (QED) is 0.777. The van der Waals surface area contributed by atoms with Crippen LogP contribution in [0.4, 0.5) is 5.82 Å². The summed E-state index contributed by atoms with van der Waals surface area (Å²) < 4.78 is 23.3. The number of nitrogens with one attached hydrogen (secondary N) is 2. The van der Waals surface area contributed by atoms with E-state index in [0.29, 0.717) is 25.9 Å². The molecule has 0 radical (unpaired) electrons. The van der Waals surface area contributed by atoms with Crippen LogP contribution in [0.2, 0.25) is 0 Å². The van der Waals surface area contributed by atoms with E-state index in [-0.39, 0.29) is 6.54 Å². The molecule has 3 heterocycles. The molecule has 150 valence electrons. The summed E-state index contributed by atoms with van der Waals surface area (Å²) in [7, 11) is -3.49. The van der Waals surface area contributed by atoms with E-state index in [9.17, 15) is 13.2 Å². The smallest absolute Gasteiger partial charge is 0.241 e. The highest BCUT2D eigenvalue weighted by atomic mass is 32.2.